The van der Waals surface area contributed by atoms with Crippen LogP contribution < -0.4 is 14.9 Å². The lowest BCUT2D eigenvalue weighted by Crippen LogP contribution is -2.06. The van der Waals surface area contributed by atoms with Crippen LogP contribution in [0.15, 0.2) is 57.9 Å². The normalized spacial score (nSPS) is 10.6. The number of carbonyl (C=O) groups excluding carboxylic acids is 1. The van der Waals surface area contributed by atoms with Crippen molar-refractivity contribution >= 4 is 16.9 Å². The second-order valence-electron chi connectivity index (χ2n) is 5.28. The van der Waals surface area contributed by atoms with E-state index in [-0.39, 0.29) is 11.2 Å². The summed E-state index contributed by atoms with van der Waals surface area (Å²) in [5.41, 5.74) is 1.23. The molecular weight excluding hydrogens is 308 g/mol. The van der Waals surface area contributed by atoms with E-state index in [4.69, 9.17) is 13.9 Å². The monoisotopic (exact) mass is 324 g/mol. The van der Waals surface area contributed by atoms with Gasteiger partial charge in [0.25, 0.3) is 0 Å². The summed E-state index contributed by atoms with van der Waals surface area (Å²) in [6.45, 7) is 3.37. The molecule has 24 heavy (non-hydrogen) atoms. The highest BCUT2D eigenvalue weighted by Gasteiger charge is 2.11. The number of benzene rings is 2. The molecule has 5 nitrogen and oxygen atoms in total. The predicted octanol–water partition coefficient (Wildman–Crippen LogP) is 4.07. The van der Waals surface area contributed by atoms with Gasteiger partial charge in [-0.2, -0.15) is 0 Å². The fourth-order valence-corrected chi connectivity index (χ4v) is 2.31. The maximum atomic E-state index is 12.5. The van der Waals surface area contributed by atoms with E-state index < -0.39 is 5.97 Å². The van der Waals surface area contributed by atoms with Gasteiger partial charge in [0, 0.05) is 13.0 Å². The Morgan fingerprint density at radius 3 is 2.46 bits per heavy atom. The SMILES string of the molecule is CCc1ccc(Oc2coc3cc(OC(C)=O)ccc3c2=O)cc1. The topological polar surface area (TPSA) is 65.7 Å². The number of ether oxygens (including phenoxy) is 2. The zero-order chi connectivity index (χ0) is 17.1. The number of carbonyl (C=O) groups is 1. The fraction of sp³-hybridized carbons (Fsp3) is 0.158. The first-order valence-corrected chi connectivity index (χ1v) is 7.57. The van der Waals surface area contributed by atoms with Crippen LogP contribution in [0.2, 0.25) is 0 Å². The Balaban J connectivity index is 1.93. The highest BCUT2D eigenvalue weighted by Crippen LogP contribution is 2.24. The molecule has 1 aromatic heterocycles. The molecule has 122 valence electrons. The van der Waals surface area contributed by atoms with E-state index >= 15 is 0 Å². The van der Waals surface area contributed by atoms with Crippen molar-refractivity contribution in [2.45, 2.75) is 20.3 Å². The molecule has 0 fully saturated rings. The summed E-state index contributed by atoms with van der Waals surface area (Å²) in [6, 6.07) is 12.1. The first-order valence-electron chi connectivity index (χ1n) is 7.57. The Hall–Kier alpha value is -3.08. The van der Waals surface area contributed by atoms with Crippen LogP contribution in [0.3, 0.4) is 0 Å². The first kappa shape index (κ1) is 15.8. The van der Waals surface area contributed by atoms with E-state index in [1.54, 1.807) is 12.1 Å². The minimum absolute atomic E-state index is 0.104. The summed E-state index contributed by atoms with van der Waals surface area (Å²) in [5, 5.41) is 0.355. The highest BCUT2D eigenvalue weighted by molar-refractivity contribution is 5.80. The van der Waals surface area contributed by atoms with Crippen LogP contribution >= 0.6 is 0 Å². The molecule has 2 aromatic carbocycles. The van der Waals surface area contributed by atoms with Gasteiger partial charge >= 0.3 is 5.97 Å². The molecule has 0 aliphatic heterocycles. The van der Waals surface area contributed by atoms with Gasteiger partial charge in [-0.25, -0.2) is 0 Å². The maximum Gasteiger partial charge on any atom is 0.308 e. The standard InChI is InChI=1S/C19H16O5/c1-3-13-4-6-14(7-5-13)24-18-11-22-17-10-15(23-12(2)20)8-9-16(17)19(18)21/h4-11H,3H2,1-2H3. The predicted molar refractivity (Wildman–Crippen MR) is 89.7 cm³/mol. The van der Waals surface area contributed by atoms with Gasteiger partial charge in [-0.15, -0.1) is 0 Å². The van der Waals surface area contributed by atoms with Gasteiger partial charge in [0.2, 0.25) is 11.2 Å². The molecule has 3 aromatic rings. The third-order valence-corrected chi connectivity index (χ3v) is 3.54. The van der Waals surface area contributed by atoms with Crippen molar-refractivity contribution in [1.29, 1.82) is 0 Å². The molecule has 0 saturated carbocycles. The van der Waals surface area contributed by atoms with Crippen LogP contribution in [0.1, 0.15) is 19.4 Å². The summed E-state index contributed by atoms with van der Waals surface area (Å²) in [4.78, 5) is 23.5. The molecule has 0 spiro atoms. The average molecular weight is 324 g/mol. The molecular formula is C19H16O5. The van der Waals surface area contributed by atoms with Crippen molar-refractivity contribution in [1.82, 2.24) is 0 Å². The molecule has 0 amide bonds. The average Bonchev–Trinajstić information content (AvgIpc) is 2.57. The Morgan fingerprint density at radius 1 is 1.08 bits per heavy atom. The third kappa shape index (κ3) is 3.30. The Labute approximate surface area is 138 Å². The fourth-order valence-electron chi connectivity index (χ4n) is 2.31. The minimum Gasteiger partial charge on any atom is -0.460 e. The molecule has 0 unspecified atom stereocenters. The Morgan fingerprint density at radius 2 is 1.79 bits per heavy atom. The number of aryl methyl sites for hydroxylation is 1. The van der Waals surface area contributed by atoms with E-state index in [0.29, 0.717) is 22.5 Å². The van der Waals surface area contributed by atoms with Crippen molar-refractivity contribution < 1.29 is 18.7 Å². The van der Waals surface area contributed by atoms with E-state index in [2.05, 4.69) is 6.92 Å². The van der Waals surface area contributed by atoms with Crippen LogP contribution in [0.4, 0.5) is 0 Å². The summed E-state index contributed by atoms with van der Waals surface area (Å²) in [6.07, 6.45) is 2.19. The van der Waals surface area contributed by atoms with Gasteiger partial charge in [0.15, 0.2) is 0 Å². The van der Waals surface area contributed by atoms with E-state index in [9.17, 15) is 9.59 Å². The zero-order valence-electron chi connectivity index (χ0n) is 13.4. The molecule has 0 radical (unpaired) electrons. The molecule has 0 aliphatic rings. The second kappa shape index (κ2) is 6.58. The molecule has 5 heteroatoms. The van der Waals surface area contributed by atoms with Crippen molar-refractivity contribution in [3.8, 4) is 17.2 Å². The van der Waals surface area contributed by atoms with Gasteiger partial charge in [-0.1, -0.05) is 19.1 Å². The molecule has 0 N–H and O–H groups in total. The highest BCUT2D eigenvalue weighted by atomic mass is 16.5. The summed E-state index contributed by atoms with van der Waals surface area (Å²) in [7, 11) is 0. The molecule has 1 heterocycles. The number of fused-ring (bicyclic) bond motifs is 1. The minimum atomic E-state index is -0.438. The molecule has 0 saturated heterocycles. The molecule has 0 aliphatic carbocycles. The van der Waals surface area contributed by atoms with Crippen molar-refractivity contribution in [3.05, 3.63) is 64.5 Å². The molecule has 3 rings (SSSR count). The van der Waals surface area contributed by atoms with Crippen LogP contribution in [-0.4, -0.2) is 5.97 Å². The van der Waals surface area contributed by atoms with Crippen LogP contribution in [0.5, 0.6) is 17.2 Å². The van der Waals surface area contributed by atoms with Gasteiger partial charge in [0.1, 0.15) is 23.3 Å². The molecule has 0 bridgehead atoms. The van der Waals surface area contributed by atoms with E-state index in [1.165, 1.54) is 24.8 Å². The number of rotatable bonds is 4. The van der Waals surface area contributed by atoms with E-state index in [1.807, 2.05) is 24.3 Å². The summed E-state index contributed by atoms with van der Waals surface area (Å²) >= 11 is 0. The van der Waals surface area contributed by atoms with Crippen LogP contribution in [-0.2, 0) is 11.2 Å². The third-order valence-electron chi connectivity index (χ3n) is 3.54. The van der Waals surface area contributed by atoms with E-state index in [0.717, 1.165) is 6.42 Å². The van der Waals surface area contributed by atoms with Gasteiger partial charge in [-0.05, 0) is 36.2 Å². The summed E-state index contributed by atoms with van der Waals surface area (Å²) in [5.74, 6) is 0.552. The second-order valence-corrected chi connectivity index (χ2v) is 5.28. The van der Waals surface area contributed by atoms with Crippen molar-refractivity contribution in [2.75, 3.05) is 0 Å². The quantitative estimate of drug-likeness (QED) is 0.534. The number of hydrogen-bond acceptors (Lipinski definition) is 5. The van der Waals surface area contributed by atoms with Gasteiger partial charge < -0.3 is 13.9 Å². The summed E-state index contributed by atoms with van der Waals surface area (Å²) < 4.78 is 16.0. The lowest BCUT2D eigenvalue weighted by atomic mass is 10.2. The van der Waals surface area contributed by atoms with Gasteiger partial charge in [0.05, 0.1) is 5.39 Å². The number of esters is 1. The zero-order valence-corrected chi connectivity index (χ0v) is 13.4. The van der Waals surface area contributed by atoms with Crippen LogP contribution in [0.25, 0.3) is 11.0 Å². The largest absolute Gasteiger partial charge is 0.460 e. The number of hydrogen-bond donors (Lipinski definition) is 0. The Kier molecular flexibility index (Phi) is 4.33. The van der Waals surface area contributed by atoms with Crippen LogP contribution in [0, 0.1) is 0 Å². The van der Waals surface area contributed by atoms with Gasteiger partial charge in [-0.3, -0.25) is 9.59 Å². The lowest BCUT2D eigenvalue weighted by Gasteiger charge is -2.07. The van der Waals surface area contributed by atoms with Crippen molar-refractivity contribution in [2.24, 2.45) is 0 Å². The lowest BCUT2D eigenvalue weighted by molar-refractivity contribution is -0.131. The first-order chi connectivity index (χ1) is 11.6. The maximum absolute atomic E-state index is 12.5. The van der Waals surface area contributed by atoms with Crippen molar-refractivity contribution in [3.63, 3.8) is 0 Å². The molecule has 0 atom stereocenters. The Bertz CT molecular complexity index is 938. The smallest absolute Gasteiger partial charge is 0.308 e.